The van der Waals surface area contributed by atoms with Crippen LogP contribution in [0.3, 0.4) is 0 Å². The van der Waals surface area contributed by atoms with Crippen LogP contribution in [0.2, 0.25) is 0 Å². The molecule has 0 spiro atoms. The second-order valence-electron chi connectivity index (χ2n) is 8.13. The fraction of sp³-hybridized carbons (Fsp3) is 0.391. The zero-order valence-electron chi connectivity index (χ0n) is 16.3. The Kier molecular flexibility index (Phi) is 5.64. The number of hydrogen-bond acceptors (Lipinski definition) is 3. The molecule has 1 heterocycles. The standard InChI is InChI=1S/C23H27NO3/c1-23(2,3)19-12-9-17(10-13-19)11-14-21(25)24-20(16-27-22(24)26)15-18-7-5-4-6-8-18/h4-10,12-13,20H,11,14-16H2,1-3H3/t20-/m0/s1. The molecule has 1 atom stereocenters. The van der Waals surface area contributed by atoms with Crippen LogP contribution in [0, 0.1) is 0 Å². The molecule has 0 aromatic heterocycles. The molecule has 4 nitrogen and oxygen atoms in total. The fourth-order valence-electron chi connectivity index (χ4n) is 3.35. The molecule has 1 aliphatic rings. The van der Waals surface area contributed by atoms with Gasteiger partial charge in [-0.15, -0.1) is 0 Å². The number of ether oxygens (including phenoxy) is 1. The molecule has 0 N–H and O–H groups in total. The van der Waals surface area contributed by atoms with Gasteiger partial charge in [-0.1, -0.05) is 75.4 Å². The Bertz CT molecular complexity index is 791. The van der Waals surface area contributed by atoms with Crippen molar-refractivity contribution in [1.29, 1.82) is 0 Å². The summed E-state index contributed by atoms with van der Waals surface area (Å²) in [6, 6.07) is 18.0. The monoisotopic (exact) mass is 365 g/mol. The zero-order chi connectivity index (χ0) is 19.4. The number of carbonyl (C=O) groups is 2. The van der Waals surface area contributed by atoms with Crippen molar-refractivity contribution in [2.75, 3.05) is 6.61 Å². The highest BCUT2D eigenvalue weighted by atomic mass is 16.6. The van der Waals surface area contributed by atoms with Crippen LogP contribution in [0.15, 0.2) is 54.6 Å². The largest absolute Gasteiger partial charge is 0.447 e. The maximum Gasteiger partial charge on any atom is 0.416 e. The highest BCUT2D eigenvalue weighted by Crippen LogP contribution is 2.23. The summed E-state index contributed by atoms with van der Waals surface area (Å²) in [7, 11) is 0. The highest BCUT2D eigenvalue weighted by molar-refractivity contribution is 5.93. The molecule has 1 aliphatic heterocycles. The maximum absolute atomic E-state index is 12.7. The number of nitrogens with zero attached hydrogens (tertiary/aromatic N) is 1. The van der Waals surface area contributed by atoms with E-state index in [9.17, 15) is 9.59 Å². The minimum Gasteiger partial charge on any atom is -0.447 e. The van der Waals surface area contributed by atoms with Gasteiger partial charge in [-0.3, -0.25) is 4.79 Å². The summed E-state index contributed by atoms with van der Waals surface area (Å²) in [4.78, 5) is 26.0. The van der Waals surface area contributed by atoms with Gasteiger partial charge in [-0.25, -0.2) is 9.69 Å². The normalized spacial score (nSPS) is 17.1. The Hall–Kier alpha value is -2.62. The lowest BCUT2D eigenvalue weighted by atomic mass is 9.86. The van der Waals surface area contributed by atoms with E-state index in [4.69, 9.17) is 4.74 Å². The minimum atomic E-state index is -0.524. The first kappa shape index (κ1) is 19.2. The zero-order valence-corrected chi connectivity index (χ0v) is 16.3. The van der Waals surface area contributed by atoms with Gasteiger partial charge < -0.3 is 4.74 Å². The Balaban J connectivity index is 1.61. The van der Waals surface area contributed by atoms with Crippen molar-refractivity contribution in [2.24, 2.45) is 0 Å². The summed E-state index contributed by atoms with van der Waals surface area (Å²) in [6.45, 7) is 6.80. The number of carbonyl (C=O) groups excluding carboxylic acids is 2. The van der Waals surface area contributed by atoms with E-state index in [2.05, 4.69) is 45.0 Å². The second-order valence-corrected chi connectivity index (χ2v) is 8.13. The van der Waals surface area contributed by atoms with Gasteiger partial charge in [0.25, 0.3) is 0 Å². The van der Waals surface area contributed by atoms with E-state index < -0.39 is 6.09 Å². The molecule has 1 saturated heterocycles. The maximum atomic E-state index is 12.7. The first-order chi connectivity index (χ1) is 12.8. The lowest BCUT2D eigenvalue weighted by molar-refractivity contribution is -0.129. The molecule has 0 aliphatic carbocycles. The summed E-state index contributed by atoms with van der Waals surface area (Å²) >= 11 is 0. The first-order valence-corrected chi connectivity index (χ1v) is 9.47. The average molecular weight is 365 g/mol. The van der Waals surface area contributed by atoms with Crippen LogP contribution in [-0.2, 0) is 27.8 Å². The van der Waals surface area contributed by atoms with E-state index in [0.29, 0.717) is 19.3 Å². The first-order valence-electron chi connectivity index (χ1n) is 9.47. The molecule has 1 fully saturated rings. The number of imide groups is 1. The van der Waals surface area contributed by atoms with Gasteiger partial charge in [0.15, 0.2) is 0 Å². The van der Waals surface area contributed by atoms with Crippen LogP contribution >= 0.6 is 0 Å². The predicted molar refractivity (Wildman–Crippen MR) is 106 cm³/mol. The van der Waals surface area contributed by atoms with E-state index in [-0.39, 0.29) is 24.0 Å². The predicted octanol–water partition coefficient (Wildman–Crippen LogP) is 4.51. The molecule has 0 unspecified atom stereocenters. The van der Waals surface area contributed by atoms with Crippen molar-refractivity contribution in [3.8, 4) is 0 Å². The molecule has 2 amide bonds. The van der Waals surface area contributed by atoms with E-state index in [1.807, 2.05) is 30.3 Å². The quantitative estimate of drug-likeness (QED) is 0.783. The van der Waals surface area contributed by atoms with Gasteiger partial charge in [0.05, 0.1) is 6.04 Å². The van der Waals surface area contributed by atoms with Crippen molar-refractivity contribution in [3.05, 3.63) is 71.3 Å². The van der Waals surface area contributed by atoms with Crippen molar-refractivity contribution < 1.29 is 14.3 Å². The lowest BCUT2D eigenvalue weighted by Gasteiger charge is -2.20. The third-order valence-electron chi connectivity index (χ3n) is 4.99. The van der Waals surface area contributed by atoms with Crippen molar-refractivity contribution in [3.63, 3.8) is 0 Å². The second kappa shape index (κ2) is 7.95. The van der Waals surface area contributed by atoms with Crippen molar-refractivity contribution in [2.45, 2.75) is 51.5 Å². The minimum absolute atomic E-state index is 0.109. The molecule has 0 bridgehead atoms. The van der Waals surface area contributed by atoms with E-state index in [1.54, 1.807) is 0 Å². The molecule has 2 aromatic carbocycles. The molecule has 0 saturated carbocycles. The Morgan fingerprint density at radius 1 is 1.04 bits per heavy atom. The molecule has 0 radical (unpaired) electrons. The molecule has 142 valence electrons. The number of cyclic esters (lactones) is 1. The van der Waals surface area contributed by atoms with Crippen LogP contribution in [0.4, 0.5) is 4.79 Å². The number of aryl methyl sites for hydroxylation is 1. The summed E-state index contributed by atoms with van der Waals surface area (Å²) in [6.07, 6.45) is 1.02. The number of rotatable bonds is 5. The van der Waals surface area contributed by atoms with Crippen LogP contribution in [0.5, 0.6) is 0 Å². The highest BCUT2D eigenvalue weighted by Gasteiger charge is 2.37. The van der Waals surface area contributed by atoms with E-state index in [0.717, 1.165) is 11.1 Å². The van der Waals surface area contributed by atoms with Crippen LogP contribution in [-0.4, -0.2) is 29.5 Å². The summed E-state index contributed by atoms with van der Waals surface area (Å²) < 4.78 is 5.14. The third-order valence-corrected chi connectivity index (χ3v) is 4.99. The van der Waals surface area contributed by atoms with Gasteiger partial charge in [0, 0.05) is 6.42 Å². The van der Waals surface area contributed by atoms with E-state index >= 15 is 0 Å². The van der Waals surface area contributed by atoms with Gasteiger partial charge in [0.2, 0.25) is 5.91 Å². The number of amides is 2. The SMILES string of the molecule is CC(C)(C)c1ccc(CCC(=O)N2C(=O)OC[C@@H]2Cc2ccccc2)cc1. The Labute approximate surface area is 161 Å². The van der Waals surface area contributed by atoms with Crippen LogP contribution in [0.25, 0.3) is 0 Å². The third kappa shape index (κ3) is 4.76. The van der Waals surface area contributed by atoms with Gasteiger partial charge in [0.1, 0.15) is 6.61 Å². The Morgan fingerprint density at radius 3 is 2.33 bits per heavy atom. The van der Waals surface area contributed by atoms with Crippen molar-refractivity contribution >= 4 is 12.0 Å². The fourth-order valence-corrected chi connectivity index (χ4v) is 3.35. The summed E-state index contributed by atoms with van der Waals surface area (Å²) in [5, 5.41) is 0. The van der Waals surface area contributed by atoms with Crippen molar-refractivity contribution in [1.82, 2.24) is 4.90 Å². The number of hydrogen-bond donors (Lipinski definition) is 0. The van der Waals surface area contributed by atoms with Gasteiger partial charge in [-0.2, -0.15) is 0 Å². The molecule has 3 rings (SSSR count). The lowest BCUT2D eigenvalue weighted by Crippen LogP contribution is -2.40. The van der Waals surface area contributed by atoms with Gasteiger partial charge in [-0.05, 0) is 34.9 Å². The summed E-state index contributed by atoms with van der Waals surface area (Å²) in [5.74, 6) is -0.168. The summed E-state index contributed by atoms with van der Waals surface area (Å²) in [5.41, 5.74) is 3.57. The Morgan fingerprint density at radius 2 is 1.70 bits per heavy atom. The molecule has 2 aromatic rings. The average Bonchev–Trinajstić information content (AvgIpc) is 3.00. The van der Waals surface area contributed by atoms with Gasteiger partial charge >= 0.3 is 6.09 Å². The molecular weight excluding hydrogens is 338 g/mol. The topological polar surface area (TPSA) is 46.6 Å². The molecule has 4 heteroatoms. The van der Waals surface area contributed by atoms with Crippen LogP contribution in [0.1, 0.15) is 43.9 Å². The molecular formula is C23H27NO3. The number of benzene rings is 2. The smallest absolute Gasteiger partial charge is 0.416 e. The molecule has 27 heavy (non-hydrogen) atoms. The van der Waals surface area contributed by atoms with Crippen LogP contribution < -0.4 is 0 Å². The van der Waals surface area contributed by atoms with E-state index in [1.165, 1.54) is 10.5 Å².